The number of carbonyl (C=O) groups excluding carboxylic acids is 2. The minimum absolute atomic E-state index is 0.0198. The van der Waals surface area contributed by atoms with Crippen molar-refractivity contribution in [3.05, 3.63) is 52.7 Å². The molecule has 0 saturated heterocycles. The maximum Gasteiger partial charge on any atom is 0.252 e. The minimum atomic E-state index is -0.226. The first kappa shape index (κ1) is 17.0. The SMILES string of the molecule is CC(CN(C)c1ccccc1)NC(=O)CNC(=O)c1ccsc1. The van der Waals surface area contributed by atoms with Gasteiger partial charge in [-0.3, -0.25) is 9.59 Å². The van der Waals surface area contributed by atoms with Crippen molar-refractivity contribution in [1.29, 1.82) is 0 Å². The van der Waals surface area contributed by atoms with Crippen LogP contribution in [0.3, 0.4) is 0 Å². The average molecular weight is 331 g/mol. The van der Waals surface area contributed by atoms with E-state index in [9.17, 15) is 9.59 Å². The van der Waals surface area contributed by atoms with Crippen molar-refractivity contribution < 1.29 is 9.59 Å². The third kappa shape index (κ3) is 5.41. The molecular formula is C17H21N3O2S. The van der Waals surface area contributed by atoms with Crippen molar-refractivity contribution in [3.63, 3.8) is 0 Å². The van der Waals surface area contributed by atoms with Gasteiger partial charge in [-0.1, -0.05) is 18.2 Å². The Morgan fingerprint density at radius 2 is 1.96 bits per heavy atom. The summed E-state index contributed by atoms with van der Waals surface area (Å²) in [6.45, 7) is 2.61. The Bertz CT molecular complexity index is 629. The molecule has 0 aliphatic heterocycles. The molecule has 1 heterocycles. The van der Waals surface area contributed by atoms with Gasteiger partial charge in [-0.2, -0.15) is 11.3 Å². The zero-order valence-corrected chi connectivity index (χ0v) is 14.1. The van der Waals surface area contributed by atoms with Crippen LogP contribution in [0.2, 0.25) is 0 Å². The number of carbonyl (C=O) groups is 2. The zero-order chi connectivity index (χ0) is 16.7. The molecule has 2 aromatic rings. The summed E-state index contributed by atoms with van der Waals surface area (Å²) in [5.41, 5.74) is 1.68. The van der Waals surface area contributed by atoms with Crippen molar-refractivity contribution in [2.45, 2.75) is 13.0 Å². The lowest BCUT2D eigenvalue weighted by Crippen LogP contribution is -2.45. The van der Waals surface area contributed by atoms with Gasteiger partial charge >= 0.3 is 0 Å². The highest BCUT2D eigenvalue weighted by Gasteiger charge is 2.12. The van der Waals surface area contributed by atoms with E-state index in [0.717, 1.165) is 5.69 Å². The Balaban J connectivity index is 1.73. The van der Waals surface area contributed by atoms with Crippen LogP contribution in [0.1, 0.15) is 17.3 Å². The van der Waals surface area contributed by atoms with Crippen molar-refractivity contribution in [3.8, 4) is 0 Å². The molecule has 0 aliphatic carbocycles. The van der Waals surface area contributed by atoms with Crippen molar-refractivity contribution in [2.75, 3.05) is 25.0 Å². The predicted octanol–water partition coefficient (Wildman–Crippen LogP) is 2.12. The standard InChI is InChI=1S/C17H21N3O2S/c1-13(11-20(2)15-6-4-3-5-7-15)19-16(21)10-18-17(22)14-8-9-23-12-14/h3-9,12-13H,10-11H2,1-2H3,(H,18,22)(H,19,21). The summed E-state index contributed by atoms with van der Waals surface area (Å²) in [6, 6.07) is 11.7. The first-order chi connectivity index (χ1) is 11.1. The molecule has 5 nitrogen and oxygen atoms in total. The van der Waals surface area contributed by atoms with Crippen LogP contribution in [0, 0.1) is 0 Å². The summed E-state index contributed by atoms with van der Waals surface area (Å²) in [7, 11) is 1.98. The number of hydrogen-bond donors (Lipinski definition) is 2. The molecule has 1 aromatic carbocycles. The van der Waals surface area contributed by atoms with E-state index in [1.807, 2.05) is 49.7 Å². The molecule has 0 saturated carbocycles. The molecule has 1 atom stereocenters. The van der Waals surface area contributed by atoms with Gasteiger partial charge in [0.05, 0.1) is 6.54 Å². The molecule has 23 heavy (non-hydrogen) atoms. The predicted molar refractivity (Wildman–Crippen MR) is 94.0 cm³/mol. The summed E-state index contributed by atoms with van der Waals surface area (Å²) in [5.74, 6) is -0.419. The molecule has 2 amide bonds. The lowest BCUT2D eigenvalue weighted by Gasteiger charge is -2.24. The van der Waals surface area contributed by atoms with Crippen LogP contribution in [-0.2, 0) is 4.79 Å². The Kier molecular flexibility index (Phi) is 6.17. The lowest BCUT2D eigenvalue weighted by atomic mass is 10.2. The van der Waals surface area contributed by atoms with Gasteiger partial charge in [0.1, 0.15) is 0 Å². The van der Waals surface area contributed by atoms with Gasteiger partial charge in [0.25, 0.3) is 5.91 Å². The molecule has 2 rings (SSSR count). The van der Waals surface area contributed by atoms with Gasteiger partial charge in [0.15, 0.2) is 0 Å². The van der Waals surface area contributed by atoms with E-state index < -0.39 is 0 Å². The molecule has 0 radical (unpaired) electrons. The maximum absolute atomic E-state index is 11.9. The molecule has 2 N–H and O–H groups in total. The van der Waals surface area contributed by atoms with Gasteiger partial charge in [-0.05, 0) is 30.5 Å². The highest BCUT2D eigenvalue weighted by atomic mass is 32.1. The second-order valence-electron chi connectivity index (χ2n) is 5.38. The number of anilines is 1. The summed E-state index contributed by atoms with van der Waals surface area (Å²) >= 11 is 1.45. The number of nitrogens with zero attached hydrogens (tertiary/aromatic N) is 1. The summed E-state index contributed by atoms with van der Waals surface area (Å²) in [4.78, 5) is 25.7. The summed E-state index contributed by atoms with van der Waals surface area (Å²) < 4.78 is 0. The fourth-order valence-corrected chi connectivity index (χ4v) is 2.86. The quantitative estimate of drug-likeness (QED) is 0.817. The average Bonchev–Trinajstić information content (AvgIpc) is 3.07. The van der Waals surface area contributed by atoms with Crippen molar-refractivity contribution in [1.82, 2.24) is 10.6 Å². The summed E-state index contributed by atoms with van der Waals surface area (Å²) in [5, 5.41) is 9.09. The van der Waals surface area contributed by atoms with E-state index >= 15 is 0 Å². The Labute approximate surface area is 140 Å². The van der Waals surface area contributed by atoms with E-state index in [0.29, 0.717) is 12.1 Å². The van der Waals surface area contributed by atoms with Gasteiger partial charge in [-0.25, -0.2) is 0 Å². The largest absolute Gasteiger partial charge is 0.373 e. The number of likely N-dealkylation sites (N-methyl/N-ethyl adjacent to an activating group) is 1. The van der Waals surface area contributed by atoms with Crippen LogP contribution < -0.4 is 15.5 Å². The molecule has 0 aliphatic rings. The number of nitrogens with one attached hydrogen (secondary N) is 2. The van der Waals surface area contributed by atoms with Crippen molar-refractivity contribution >= 4 is 28.8 Å². The molecule has 1 aromatic heterocycles. The van der Waals surface area contributed by atoms with Gasteiger partial charge < -0.3 is 15.5 Å². The summed E-state index contributed by atoms with van der Waals surface area (Å²) in [6.07, 6.45) is 0. The monoisotopic (exact) mass is 331 g/mol. The van der Waals surface area contributed by atoms with E-state index in [2.05, 4.69) is 15.5 Å². The zero-order valence-electron chi connectivity index (χ0n) is 13.3. The number of rotatable bonds is 7. The molecule has 0 spiro atoms. The van der Waals surface area contributed by atoms with E-state index in [-0.39, 0.29) is 24.4 Å². The smallest absolute Gasteiger partial charge is 0.252 e. The Hall–Kier alpha value is -2.34. The molecule has 0 bridgehead atoms. The number of amides is 2. The van der Waals surface area contributed by atoms with Gasteiger partial charge in [0.2, 0.25) is 5.91 Å². The van der Waals surface area contributed by atoms with Crippen LogP contribution in [0.5, 0.6) is 0 Å². The van der Waals surface area contributed by atoms with E-state index in [1.54, 1.807) is 11.4 Å². The molecule has 122 valence electrons. The van der Waals surface area contributed by atoms with E-state index in [4.69, 9.17) is 0 Å². The van der Waals surface area contributed by atoms with Crippen LogP contribution >= 0.6 is 11.3 Å². The first-order valence-electron chi connectivity index (χ1n) is 7.42. The third-order valence-electron chi connectivity index (χ3n) is 3.34. The number of hydrogen-bond acceptors (Lipinski definition) is 4. The van der Waals surface area contributed by atoms with Crippen LogP contribution in [0.15, 0.2) is 47.2 Å². The highest BCUT2D eigenvalue weighted by Crippen LogP contribution is 2.11. The number of benzene rings is 1. The van der Waals surface area contributed by atoms with Crippen LogP contribution in [0.25, 0.3) is 0 Å². The van der Waals surface area contributed by atoms with Gasteiger partial charge in [0, 0.05) is 36.3 Å². The fraction of sp³-hybridized carbons (Fsp3) is 0.294. The van der Waals surface area contributed by atoms with Crippen LogP contribution in [0.4, 0.5) is 5.69 Å². The third-order valence-corrected chi connectivity index (χ3v) is 4.03. The number of para-hydroxylation sites is 1. The van der Waals surface area contributed by atoms with Crippen molar-refractivity contribution in [2.24, 2.45) is 0 Å². The second-order valence-corrected chi connectivity index (χ2v) is 6.16. The normalized spacial score (nSPS) is 11.6. The highest BCUT2D eigenvalue weighted by molar-refractivity contribution is 7.08. The Morgan fingerprint density at radius 3 is 2.61 bits per heavy atom. The van der Waals surface area contributed by atoms with Crippen LogP contribution in [-0.4, -0.2) is 38.0 Å². The maximum atomic E-state index is 11.9. The Morgan fingerprint density at radius 1 is 1.22 bits per heavy atom. The lowest BCUT2D eigenvalue weighted by molar-refractivity contribution is -0.120. The molecule has 6 heteroatoms. The second kappa shape index (κ2) is 8.33. The fourth-order valence-electron chi connectivity index (χ4n) is 2.23. The first-order valence-corrected chi connectivity index (χ1v) is 8.36. The molecule has 1 unspecified atom stereocenters. The molecule has 0 fully saturated rings. The van der Waals surface area contributed by atoms with Gasteiger partial charge in [-0.15, -0.1) is 0 Å². The molecular weight excluding hydrogens is 310 g/mol. The topological polar surface area (TPSA) is 61.4 Å². The number of thiophene rings is 1. The van der Waals surface area contributed by atoms with E-state index in [1.165, 1.54) is 11.3 Å². The minimum Gasteiger partial charge on any atom is -0.373 e.